The molecule has 1 saturated carbocycles. The summed E-state index contributed by atoms with van der Waals surface area (Å²) in [5, 5.41) is 12.1. The number of carboxylic acid groups (broad SMARTS) is 1. The molecule has 2 aliphatic carbocycles. The Kier molecular flexibility index (Phi) is 6.03. The van der Waals surface area contributed by atoms with Gasteiger partial charge in [-0.25, -0.2) is 4.79 Å². The summed E-state index contributed by atoms with van der Waals surface area (Å²) in [6.07, 6.45) is 1.51. The van der Waals surface area contributed by atoms with E-state index >= 15 is 0 Å². The Morgan fingerprint density at radius 1 is 1.03 bits per heavy atom. The first-order valence-corrected chi connectivity index (χ1v) is 12.4. The zero-order chi connectivity index (χ0) is 24.7. The second-order valence-corrected chi connectivity index (χ2v) is 10.5. The van der Waals surface area contributed by atoms with Gasteiger partial charge in [0, 0.05) is 19.0 Å². The third-order valence-electron chi connectivity index (χ3n) is 8.11. The van der Waals surface area contributed by atoms with Crippen molar-refractivity contribution >= 4 is 18.0 Å². The van der Waals surface area contributed by atoms with Crippen LogP contribution in [0.25, 0.3) is 11.1 Å². The van der Waals surface area contributed by atoms with E-state index < -0.39 is 18.1 Å². The fourth-order valence-corrected chi connectivity index (χ4v) is 5.90. The van der Waals surface area contributed by atoms with Gasteiger partial charge in [0.15, 0.2) is 0 Å². The minimum Gasteiger partial charge on any atom is -0.481 e. The molecule has 0 aromatic heterocycles. The van der Waals surface area contributed by atoms with Crippen molar-refractivity contribution in [3.63, 3.8) is 0 Å². The SMILES string of the molecule is CC(C)C(NC(=O)OCC1c2ccccc2-c2ccccc21)C(=O)N1CCC2(CC1)CC2C(=O)O. The molecule has 0 radical (unpaired) electrons. The zero-order valence-corrected chi connectivity index (χ0v) is 20.2. The van der Waals surface area contributed by atoms with Crippen molar-refractivity contribution < 1.29 is 24.2 Å². The number of rotatable bonds is 6. The second-order valence-electron chi connectivity index (χ2n) is 10.5. The van der Waals surface area contributed by atoms with E-state index in [1.807, 2.05) is 38.1 Å². The van der Waals surface area contributed by atoms with E-state index in [2.05, 4.69) is 29.6 Å². The van der Waals surface area contributed by atoms with Crippen LogP contribution >= 0.6 is 0 Å². The van der Waals surface area contributed by atoms with Crippen LogP contribution in [0.3, 0.4) is 0 Å². The topological polar surface area (TPSA) is 95.9 Å². The molecule has 184 valence electrons. The molecule has 1 saturated heterocycles. The maximum absolute atomic E-state index is 13.2. The zero-order valence-electron chi connectivity index (χ0n) is 20.2. The summed E-state index contributed by atoms with van der Waals surface area (Å²) in [5.74, 6) is -1.29. The predicted octanol–water partition coefficient (Wildman–Crippen LogP) is 4.26. The van der Waals surface area contributed by atoms with Gasteiger partial charge in [0.1, 0.15) is 12.6 Å². The lowest BCUT2D eigenvalue weighted by Gasteiger charge is -2.35. The molecule has 5 rings (SSSR count). The van der Waals surface area contributed by atoms with Crippen LogP contribution in [0.5, 0.6) is 0 Å². The van der Waals surface area contributed by atoms with Crippen LogP contribution in [0.2, 0.25) is 0 Å². The summed E-state index contributed by atoms with van der Waals surface area (Å²) in [6.45, 7) is 5.05. The number of likely N-dealkylation sites (tertiary alicyclic amines) is 1. The van der Waals surface area contributed by atoms with Crippen molar-refractivity contribution in [3.05, 3.63) is 59.7 Å². The van der Waals surface area contributed by atoms with Gasteiger partial charge in [-0.05, 0) is 52.8 Å². The molecule has 1 spiro atoms. The first kappa shape index (κ1) is 23.4. The number of hydrogen-bond donors (Lipinski definition) is 2. The molecule has 2 aromatic rings. The number of piperidine rings is 1. The maximum Gasteiger partial charge on any atom is 0.407 e. The van der Waals surface area contributed by atoms with E-state index in [-0.39, 0.29) is 35.7 Å². The second kappa shape index (κ2) is 9.02. The largest absolute Gasteiger partial charge is 0.481 e. The van der Waals surface area contributed by atoms with Crippen LogP contribution in [0.15, 0.2) is 48.5 Å². The lowest BCUT2D eigenvalue weighted by Crippen LogP contribution is -2.53. The molecule has 1 aliphatic heterocycles. The van der Waals surface area contributed by atoms with Crippen molar-refractivity contribution in [3.8, 4) is 11.1 Å². The summed E-state index contributed by atoms with van der Waals surface area (Å²) in [4.78, 5) is 39.1. The summed E-state index contributed by atoms with van der Waals surface area (Å²) in [5.41, 5.74) is 4.46. The number of carbonyl (C=O) groups excluding carboxylic acids is 2. The molecule has 35 heavy (non-hydrogen) atoms. The van der Waals surface area contributed by atoms with E-state index in [9.17, 15) is 19.5 Å². The Labute approximate surface area is 205 Å². The first-order valence-electron chi connectivity index (χ1n) is 12.4. The Balaban J connectivity index is 1.20. The van der Waals surface area contributed by atoms with Crippen molar-refractivity contribution in [1.29, 1.82) is 0 Å². The number of ether oxygens (including phenoxy) is 1. The van der Waals surface area contributed by atoms with Gasteiger partial charge in [-0.15, -0.1) is 0 Å². The fraction of sp³-hybridized carbons (Fsp3) is 0.464. The molecule has 3 aliphatic rings. The van der Waals surface area contributed by atoms with Crippen LogP contribution in [-0.2, 0) is 14.3 Å². The van der Waals surface area contributed by atoms with E-state index in [1.54, 1.807) is 4.90 Å². The molecular formula is C28H32N2O5. The fourth-order valence-electron chi connectivity index (χ4n) is 5.90. The number of carboxylic acids is 1. The highest BCUT2D eigenvalue weighted by Gasteiger charge is 2.59. The highest BCUT2D eigenvalue weighted by atomic mass is 16.5. The van der Waals surface area contributed by atoms with Gasteiger partial charge in [-0.3, -0.25) is 9.59 Å². The lowest BCUT2D eigenvalue weighted by molar-refractivity contribution is -0.140. The van der Waals surface area contributed by atoms with Gasteiger partial charge in [0.25, 0.3) is 0 Å². The Hall–Kier alpha value is -3.35. The number of benzene rings is 2. The quantitative estimate of drug-likeness (QED) is 0.649. The molecule has 2 fully saturated rings. The molecule has 2 atom stereocenters. The molecule has 7 nitrogen and oxygen atoms in total. The van der Waals surface area contributed by atoms with Crippen molar-refractivity contribution in [1.82, 2.24) is 10.2 Å². The Morgan fingerprint density at radius 3 is 2.11 bits per heavy atom. The number of aliphatic carboxylic acids is 1. The average molecular weight is 477 g/mol. The van der Waals surface area contributed by atoms with E-state index in [0.717, 1.165) is 22.3 Å². The van der Waals surface area contributed by atoms with Gasteiger partial charge < -0.3 is 20.1 Å². The Morgan fingerprint density at radius 2 is 1.60 bits per heavy atom. The summed E-state index contributed by atoms with van der Waals surface area (Å²) < 4.78 is 5.66. The van der Waals surface area contributed by atoms with Crippen LogP contribution in [0.4, 0.5) is 4.79 Å². The molecular weight excluding hydrogens is 444 g/mol. The van der Waals surface area contributed by atoms with Gasteiger partial charge in [-0.1, -0.05) is 62.4 Å². The number of fused-ring (bicyclic) bond motifs is 3. The number of alkyl carbamates (subject to hydrolysis) is 1. The van der Waals surface area contributed by atoms with E-state index in [1.165, 1.54) is 0 Å². The van der Waals surface area contributed by atoms with Crippen LogP contribution in [0.1, 0.15) is 50.2 Å². The summed E-state index contributed by atoms with van der Waals surface area (Å²) >= 11 is 0. The number of nitrogens with one attached hydrogen (secondary N) is 1. The summed E-state index contributed by atoms with van der Waals surface area (Å²) in [6, 6.07) is 15.6. The molecule has 0 bridgehead atoms. The highest BCUT2D eigenvalue weighted by molar-refractivity contribution is 5.86. The van der Waals surface area contributed by atoms with Gasteiger partial charge in [0.05, 0.1) is 5.92 Å². The minimum absolute atomic E-state index is 0.0413. The normalized spacial score (nSPS) is 20.8. The first-order chi connectivity index (χ1) is 16.8. The van der Waals surface area contributed by atoms with Crippen molar-refractivity contribution in [2.24, 2.45) is 17.3 Å². The Bertz CT molecular complexity index is 1110. The number of carbonyl (C=O) groups is 3. The molecule has 2 unspecified atom stereocenters. The minimum atomic E-state index is -0.734. The number of amides is 2. The maximum atomic E-state index is 13.2. The van der Waals surface area contributed by atoms with Crippen LogP contribution < -0.4 is 5.32 Å². The molecule has 1 heterocycles. The number of hydrogen-bond acceptors (Lipinski definition) is 4. The monoisotopic (exact) mass is 476 g/mol. The predicted molar refractivity (Wildman–Crippen MR) is 131 cm³/mol. The standard InChI is InChI=1S/C28H32N2O5/c1-17(2)24(25(31)30-13-11-28(12-14-30)15-23(28)26(32)33)29-27(34)35-16-22-20-9-5-3-7-18(20)19-8-4-6-10-21(19)22/h3-10,17,22-24H,11-16H2,1-2H3,(H,29,34)(H,32,33). The average Bonchev–Trinajstić information content (AvgIpc) is 3.46. The highest BCUT2D eigenvalue weighted by Crippen LogP contribution is 2.59. The van der Waals surface area contributed by atoms with Crippen molar-refractivity contribution in [2.45, 2.75) is 45.1 Å². The molecule has 2 amide bonds. The molecule has 7 heteroatoms. The van der Waals surface area contributed by atoms with E-state index in [0.29, 0.717) is 32.4 Å². The van der Waals surface area contributed by atoms with Crippen molar-refractivity contribution in [2.75, 3.05) is 19.7 Å². The van der Waals surface area contributed by atoms with Crippen LogP contribution in [-0.4, -0.2) is 53.7 Å². The number of nitrogens with zero attached hydrogens (tertiary/aromatic N) is 1. The lowest BCUT2D eigenvalue weighted by atomic mass is 9.90. The summed E-state index contributed by atoms with van der Waals surface area (Å²) in [7, 11) is 0. The third-order valence-corrected chi connectivity index (χ3v) is 8.11. The van der Waals surface area contributed by atoms with Gasteiger partial charge in [-0.2, -0.15) is 0 Å². The third kappa shape index (κ3) is 4.28. The smallest absolute Gasteiger partial charge is 0.407 e. The van der Waals surface area contributed by atoms with Gasteiger partial charge >= 0.3 is 12.1 Å². The molecule has 2 N–H and O–H groups in total. The van der Waals surface area contributed by atoms with Crippen LogP contribution in [0, 0.1) is 17.3 Å². The van der Waals surface area contributed by atoms with E-state index in [4.69, 9.17) is 4.74 Å². The van der Waals surface area contributed by atoms with Gasteiger partial charge in [0.2, 0.25) is 5.91 Å². The molecule has 2 aromatic carbocycles.